The summed E-state index contributed by atoms with van der Waals surface area (Å²) in [6.45, 7) is 2.56. The molecule has 6 heteroatoms. The quantitative estimate of drug-likeness (QED) is 0.854. The predicted octanol–water partition coefficient (Wildman–Crippen LogP) is 2.87. The molecule has 4 nitrogen and oxygen atoms in total. The Morgan fingerprint density at radius 1 is 1.47 bits per heavy atom. The van der Waals surface area contributed by atoms with E-state index in [1.54, 1.807) is 4.68 Å². The zero-order chi connectivity index (χ0) is 13.8. The molecule has 0 unspecified atom stereocenters. The predicted molar refractivity (Wildman–Crippen MR) is 82.5 cm³/mol. The van der Waals surface area contributed by atoms with Gasteiger partial charge in [-0.25, -0.2) is 0 Å². The van der Waals surface area contributed by atoms with Crippen molar-refractivity contribution in [3.05, 3.63) is 46.7 Å². The monoisotopic (exact) mass is 294 g/mol. The fourth-order valence-corrected chi connectivity index (χ4v) is 2.11. The van der Waals surface area contributed by atoms with E-state index in [2.05, 4.69) is 15.7 Å². The van der Waals surface area contributed by atoms with Crippen molar-refractivity contribution < 1.29 is 0 Å². The van der Waals surface area contributed by atoms with Gasteiger partial charge in [-0.05, 0) is 36.8 Å². The zero-order valence-electron chi connectivity index (χ0n) is 10.8. The van der Waals surface area contributed by atoms with E-state index in [9.17, 15) is 0 Å². The van der Waals surface area contributed by atoms with Gasteiger partial charge in [-0.3, -0.25) is 4.68 Å². The van der Waals surface area contributed by atoms with Crippen LogP contribution < -0.4 is 10.6 Å². The topological polar surface area (TPSA) is 41.9 Å². The maximum absolute atomic E-state index is 5.93. The molecule has 0 aliphatic heterocycles. The van der Waals surface area contributed by atoms with Gasteiger partial charge in [-0.1, -0.05) is 23.7 Å². The van der Waals surface area contributed by atoms with E-state index in [4.69, 9.17) is 23.8 Å². The molecule has 1 heterocycles. The van der Waals surface area contributed by atoms with Gasteiger partial charge in [0.15, 0.2) is 5.11 Å². The second-order valence-corrected chi connectivity index (χ2v) is 5.08. The Hall–Kier alpha value is -1.59. The minimum Gasteiger partial charge on any atom is -0.358 e. The molecule has 1 aromatic heterocycles. The molecule has 0 saturated carbocycles. The van der Waals surface area contributed by atoms with E-state index in [1.165, 1.54) is 0 Å². The molecular weight excluding hydrogens is 280 g/mol. The van der Waals surface area contributed by atoms with Crippen molar-refractivity contribution in [2.75, 3.05) is 5.32 Å². The molecule has 0 atom stereocenters. The van der Waals surface area contributed by atoms with Crippen molar-refractivity contribution >= 4 is 34.6 Å². The number of aromatic nitrogens is 2. The van der Waals surface area contributed by atoms with Gasteiger partial charge in [0.2, 0.25) is 0 Å². The van der Waals surface area contributed by atoms with Crippen LogP contribution in [0.1, 0.15) is 11.3 Å². The number of anilines is 1. The lowest BCUT2D eigenvalue weighted by atomic mass is 10.2. The Morgan fingerprint density at radius 2 is 2.26 bits per heavy atom. The number of aryl methyl sites for hydroxylation is 2. The molecule has 0 saturated heterocycles. The molecule has 0 spiro atoms. The van der Waals surface area contributed by atoms with Crippen molar-refractivity contribution in [3.8, 4) is 0 Å². The van der Waals surface area contributed by atoms with Crippen LogP contribution in [0.5, 0.6) is 0 Å². The van der Waals surface area contributed by atoms with E-state index in [0.717, 1.165) is 22.0 Å². The Kier molecular flexibility index (Phi) is 4.39. The second kappa shape index (κ2) is 6.04. The Labute approximate surface area is 122 Å². The average molecular weight is 295 g/mol. The highest BCUT2D eigenvalue weighted by Crippen LogP contribution is 2.12. The van der Waals surface area contributed by atoms with Crippen molar-refractivity contribution in [1.29, 1.82) is 0 Å². The summed E-state index contributed by atoms with van der Waals surface area (Å²) in [4.78, 5) is 0. The Balaban J connectivity index is 1.90. The van der Waals surface area contributed by atoms with Crippen molar-refractivity contribution in [2.45, 2.75) is 13.5 Å². The van der Waals surface area contributed by atoms with Gasteiger partial charge in [0.1, 0.15) is 0 Å². The first-order valence-electron chi connectivity index (χ1n) is 5.84. The molecule has 0 radical (unpaired) electrons. The van der Waals surface area contributed by atoms with Crippen LogP contribution in [0.25, 0.3) is 0 Å². The molecule has 0 bridgehead atoms. The Bertz CT molecular complexity index is 594. The summed E-state index contributed by atoms with van der Waals surface area (Å²) in [5.41, 5.74) is 2.90. The summed E-state index contributed by atoms with van der Waals surface area (Å²) in [6, 6.07) is 7.67. The fraction of sp³-hybridized carbons (Fsp3) is 0.231. The van der Waals surface area contributed by atoms with Gasteiger partial charge in [0.05, 0.1) is 11.4 Å². The van der Waals surface area contributed by atoms with Gasteiger partial charge < -0.3 is 10.6 Å². The number of benzene rings is 1. The summed E-state index contributed by atoms with van der Waals surface area (Å²) < 4.78 is 1.75. The summed E-state index contributed by atoms with van der Waals surface area (Å²) in [5.74, 6) is 0. The van der Waals surface area contributed by atoms with Crippen LogP contribution in [0, 0.1) is 6.92 Å². The number of hydrogen-bond donors (Lipinski definition) is 2. The highest BCUT2D eigenvalue weighted by molar-refractivity contribution is 7.80. The number of hydrogen-bond acceptors (Lipinski definition) is 2. The van der Waals surface area contributed by atoms with Gasteiger partial charge in [-0.2, -0.15) is 5.10 Å². The lowest BCUT2D eigenvalue weighted by molar-refractivity contribution is 0.756. The average Bonchev–Trinajstić information content (AvgIpc) is 2.65. The minimum atomic E-state index is 0.566. The van der Waals surface area contributed by atoms with E-state index < -0.39 is 0 Å². The molecule has 0 aliphatic rings. The number of halogens is 1. The zero-order valence-corrected chi connectivity index (χ0v) is 12.3. The molecule has 0 aliphatic carbocycles. The molecule has 2 aromatic rings. The molecule has 0 fully saturated rings. The van der Waals surface area contributed by atoms with E-state index in [0.29, 0.717) is 11.7 Å². The van der Waals surface area contributed by atoms with Crippen LogP contribution >= 0.6 is 23.8 Å². The molecule has 19 heavy (non-hydrogen) atoms. The maximum atomic E-state index is 5.93. The third-order valence-corrected chi connectivity index (χ3v) is 3.09. The number of rotatable bonds is 3. The Morgan fingerprint density at radius 3 is 2.89 bits per heavy atom. The van der Waals surface area contributed by atoms with E-state index in [-0.39, 0.29) is 0 Å². The van der Waals surface area contributed by atoms with Gasteiger partial charge in [-0.15, -0.1) is 0 Å². The molecule has 2 rings (SSSR count). The standard InChI is InChI=1S/C13H15ClN4S/c1-9-12(8-18(2)17-9)16-13(19)15-7-10-4-3-5-11(14)6-10/h3-6,8H,7H2,1-2H3,(H2,15,16,19). The van der Waals surface area contributed by atoms with Crippen LogP contribution in [0.2, 0.25) is 5.02 Å². The van der Waals surface area contributed by atoms with E-state index >= 15 is 0 Å². The lowest BCUT2D eigenvalue weighted by Gasteiger charge is -2.09. The minimum absolute atomic E-state index is 0.566. The lowest BCUT2D eigenvalue weighted by Crippen LogP contribution is -2.28. The molecule has 1 aromatic carbocycles. The highest BCUT2D eigenvalue weighted by atomic mass is 35.5. The van der Waals surface area contributed by atoms with Crippen LogP contribution in [-0.2, 0) is 13.6 Å². The largest absolute Gasteiger partial charge is 0.358 e. The maximum Gasteiger partial charge on any atom is 0.171 e. The van der Waals surface area contributed by atoms with Crippen molar-refractivity contribution in [1.82, 2.24) is 15.1 Å². The highest BCUT2D eigenvalue weighted by Gasteiger charge is 2.04. The van der Waals surface area contributed by atoms with Gasteiger partial charge in [0.25, 0.3) is 0 Å². The smallest absolute Gasteiger partial charge is 0.171 e. The number of thiocarbonyl (C=S) groups is 1. The summed E-state index contributed by atoms with van der Waals surface area (Å²) in [5, 5.41) is 11.8. The number of nitrogens with one attached hydrogen (secondary N) is 2. The second-order valence-electron chi connectivity index (χ2n) is 4.24. The first kappa shape index (κ1) is 13.8. The fourth-order valence-electron chi connectivity index (χ4n) is 1.72. The van der Waals surface area contributed by atoms with Crippen LogP contribution in [-0.4, -0.2) is 14.9 Å². The van der Waals surface area contributed by atoms with E-state index in [1.807, 2.05) is 44.4 Å². The van der Waals surface area contributed by atoms with Crippen molar-refractivity contribution in [2.24, 2.45) is 7.05 Å². The van der Waals surface area contributed by atoms with Gasteiger partial charge >= 0.3 is 0 Å². The first-order chi connectivity index (χ1) is 9.04. The molecular formula is C13H15ClN4S. The third-order valence-electron chi connectivity index (χ3n) is 2.60. The summed E-state index contributed by atoms with van der Waals surface area (Å²) >= 11 is 11.2. The van der Waals surface area contributed by atoms with Crippen LogP contribution in [0.4, 0.5) is 5.69 Å². The summed E-state index contributed by atoms with van der Waals surface area (Å²) in [6.07, 6.45) is 1.89. The van der Waals surface area contributed by atoms with Gasteiger partial charge in [0, 0.05) is 24.8 Å². The SMILES string of the molecule is Cc1nn(C)cc1NC(=S)NCc1cccc(Cl)c1. The normalized spacial score (nSPS) is 10.3. The molecule has 100 valence electrons. The van der Waals surface area contributed by atoms with Crippen molar-refractivity contribution in [3.63, 3.8) is 0 Å². The number of nitrogens with zero attached hydrogens (tertiary/aromatic N) is 2. The first-order valence-corrected chi connectivity index (χ1v) is 6.63. The summed E-state index contributed by atoms with van der Waals surface area (Å²) in [7, 11) is 1.88. The molecule has 2 N–H and O–H groups in total. The van der Waals surface area contributed by atoms with Crippen LogP contribution in [0.3, 0.4) is 0 Å². The third kappa shape index (κ3) is 3.94. The molecule has 0 amide bonds. The van der Waals surface area contributed by atoms with Crippen LogP contribution in [0.15, 0.2) is 30.5 Å².